The van der Waals surface area contributed by atoms with Crippen LogP contribution in [0.4, 0.5) is 0 Å². The van der Waals surface area contributed by atoms with Gasteiger partial charge in [0.05, 0.1) is 19.2 Å². The van der Waals surface area contributed by atoms with Crippen LogP contribution in [0.25, 0.3) is 0 Å². The van der Waals surface area contributed by atoms with Gasteiger partial charge in [-0.05, 0) is 57.5 Å². The van der Waals surface area contributed by atoms with E-state index < -0.39 is 0 Å². The lowest BCUT2D eigenvalue weighted by molar-refractivity contribution is -0.120. The van der Waals surface area contributed by atoms with Crippen LogP contribution < -0.4 is 15.4 Å². The molecule has 0 aliphatic carbocycles. The summed E-state index contributed by atoms with van der Waals surface area (Å²) in [5, 5.41) is 5.55. The quantitative estimate of drug-likeness (QED) is 0.802. The number of rotatable bonds is 7. The van der Waals surface area contributed by atoms with E-state index in [-0.39, 0.29) is 24.4 Å². The van der Waals surface area contributed by atoms with Gasteiger partial charge in [-0.2, -0.15) is 0 Å². The van der Waals surface area contributed by atoms with Gasteiger partial charge in [-0.1, -0.05) is 29.3 Å². The Morgan fingerprint density at radius 3 is 2.23 bits per heavy atom. The molecule has 0 aliphatic rings. The number of amides is 2. The van der Waals surface area contributed by atoms with Gasteiger partial charge in [-0.25, -0.2) is 0 Å². The first-order valence-electron chi connectivity index (χ1n) is 8.77. The van der Waals surface area contributed by atoms with Crippen molar-refractivity contribution in [2.75, 3.05) is 13.2 Å². The summed E-state index contributed by atoms with van der Waals surface area (Å²) in [6, 6.07) is 13.1. The Bertz CT molecular complexity index is 749. The molecular weight excluding hydrogens is 328 g/mol. The number of carbonyl (C=O) groups is 2. The van der Waals surface area contributed by atoms with Crippen LogP contribution in [0.1, 0.15) is 46.9 Å². The van der Waals surface area contributed by atoms with Crippen LogP contribution in [-0.4, -0.2) is 25.0 Å². The largest absolute Gasteiger partial charge is 0.494 e. The fourth-order valence-electron chi connectivity index (χ4n) is 2.76. The van der Waals surface area contributed by atoms with Crippen molar-refractivity contribution in [1.29, 1.82) is 0 Å². The summed E-state index contributed by atoms with van der Waals surface area (Å²) < 4.78 is 5.41. The van der Waals surface area contributed by atoms with E-state index in [1.165, 1.54) is 0 Å². The van der Waals surface area contributed by atoms with Crippen molar-refractivity contribution in [3.63, 3.8) is 0 Å². The fraction of sp³-hybridized carbons (Fsp3) is 0.333. The van der Waals surface area contributed by atoms with Crippen LogP contribution in [0, 0.1) is 13.8 Å². The number of hydrogen-bond donors (Lipinski definition) is 2. The first kappa shape index (κ1) is 19.5. The molecule has 0 saturated heterocycles. The molecule has 1 atom stereocenters. The fourth-order valence-corrected chi connectivity index (χ4v) is 2.76. The van der Waals surface area contributed by atoms with Crippen LogP contribution in [-0.2, 0) is 4.79 Å². The van der Waals surface area contributed by atoms with Crippen molar-refractivity contribution < 1.29 is 14.3 Å². The second-order valence-corrected chi connectivity index (χ2v) is 6.35. The minimum atomic E-state index is -0.249. The predicted octanol–water partition coefficient (Wildman–Crippen LogP) is 3.31. The van der Waals surface area contributed by atoms with Gasteiger partial charge in [0.15, 0.2) is 0 Å². The van der Waals surface area contributed by atoms with E-state index in [9.17, 15) is 9.59 Å². The van der Waals surface area contributed by atoms with E-state index in [0.717, 1.165) is 22.4 Å². The molecule has 0 heterocycles. The molecule has 0 aromatic heterocycles. The number of aryl methyl sites for hydroxylation is 2. The van der Waals surface area contributed by atoms with Crippen molar-refractivity contribution in [1.82, 2.24) is 10.6 Å². The monoisotopic (exact) mass is 354 g/mol. The van der Waals surface area contributed by atoms with E-state index in [4.69, 9.17) is 4.74 Å². The average molecular weight is 354 g/mol. The van der Waals surface area contributed by atoms with Gasteiger partial charge < -0.3 is 15.4 Å². The van der Waals surface area contributed by atoms with Gasteiger partial charge in [0, 0.05) is 5.56 Å². The second-order valence-electron chi connectivity index (χ2n) is 6.35. The summed E-state index contributed by atoms with van der Waals surface area (Å²) >= 11 is 0. The van der Waals surface area contributed by atoms with Gasteiger partial charge in [0.1, 0.15) is 5.75 Å². The topological polar surface area (TPSA) is 67.4 Å². The molecule has 5 heteroatoms. The Morgan fingerprint density at radius 1 is 1.04 bits per heavy atom. The highest BCUT2D eigenvalue weighted by atomic mass is 16.5. The van der Waals surface area contributed by atoms with Crippen LogP contribution >= 0.6 is 0 Å². The van der Waals surface area contributed by atoms with Crippen molar-refractivity contribution in [2.45, 2.75) is 33.7 Å². The highest BCUT2D eigenvalue weighted by Gasteiger charge is 2.12. The van der Waals surface area contributed by atoms with Crippen LogP contribution in [0.3, 0.4) is 0 Å². The molecule has 5 nitrogen and oxygen atoms in total. The van der Waals surface area contributed by atoms with Crippen molar-refractivity contribution in [2.24, 2.45) is 0 Å². The Balaban J connectivity index is 1.86. The molecule has 0 bridgehead atoms. The molecule has 2 aromatic carbocycles. The lowest BCUT2D eigenvalue weighted by Crippen LogP contribution is -2.38. The van der Waals surface area contributed by atoms with Crippen LogP contribution in [0.15, 0.2) is 42.5 Å². The van der Waals surface area contributed by atoms with E-state index in [1.54, 1.807) is 0 Å². The zero-order valence-corrected chi connectivity index (χ0v) is 15.8. The maximum absolute atomic E-state index is 12.2. The molecule has 138 valence electrons. The summed E-state index contributed by atoms with van der Waals surface area (Å²) in [4.78, 5) is 24.3. The van der Waals surface area contributed by atoms with E-state index in [0.29, 0.717) is 12.2 Å². The average Bonchev–Trinajstić information content (AvgIpc) is 2.59. The van der Waals surface area contributed by atoms with E-state index in [1.807, 2.05) is 70.2 Å². The molecule has 0 aliphatic heterocycles. The molecule has 2 aromatic rings. The lowest BCUT2D eigenvalue weighted by atomic mass is 10.1. The molecule has 1 unspecified atom stereocenters. The van der Waals surface area contributed by atoms with Crippen LogP contribution in [0.2, 0.25) is 0 Å². The Kier molecular flexibility index (Phi) is 6.78. The smallest absolute Gasteiger partial charge is 0.251 e. The van der Waals surface area contributed by atoms with Gasteiger partial charge >= 0.3 is 0 Å². The van der Waals surface area contributed by atoms with Gasteiger partial charge in [-0.15, -0.1) is 0 Å². The number of ether oxygens (including phenoxy) is 1. The maximum Gasteiger partial charge on any atom is 0.251 e. The van der Waals surface area contributed by atoms with Crippen molar-refractivity contribution in [3.05, 3.63) is 64.7 Å². The van der Waals surface area contributed by atoms with Gasteiger partial charge in [0.25, 0.3) is 5.91 Å². The lowest BCUT2D eigenvalue weighted by Gasteiger charge is -2.15. The van der Waals surface area contributed by atoms with E-state index in [2.05, 4.69) is 10.6 Å². The summed E-state index contributed by atoms with van der Waals surface area (Å²) in [6.45, 7) is 8.27. The minimum Gasteiger partial charge on any atom is -0.494 e. The SMILES string of the molecule is CCOc1ccc(C(C)NC(=O)CNC(=O)c2cc(C)cc(C)c2)cc1. The third-order valence-corrected chi connectivity index (χ3v) is 3.96. The second kappa shape index (κ2) is 9.04. The highest BCUT2D eigenvalue weighted by molar-refractivity contribution is 5.96. The van der Waals surface area contributed by atoms with Crippen LogP contribution in [0.5, 0.6) is 5.75 Å². The molecule has 0 saturated carbocycles. The first-order chi connectivity index (χ1) is 12.4. The summed E-state index contributed by atoms with van der Waals surface area (Å²) in [5.41, 5.74) is 3.57. The zero-order chi connectivity index (χ0) is 19.1. The number of benzene rings is 2. The zero-order valence-electron chi connectivity index (χ0n) is 15.8. The predicted molar refractivity (Wildman–Crippen MR) is 102 cm³/mol. The molecular formula is C21H26N2O3. The van der Waals surface area contributed by atoms with Gasteiger partial charge in [-0.3, -0.25) is 9.59 Å². The molecule has 26 heavy (non-hydrogen) atoms. The maximum atomic E-state index is 12.2. The summed E-state index contributed by atoms with van der Waals surface area (Å²) in [5.74, 6) is 0.320. The third kappa shape index (κ3) is 5.62. The normalized spacial score (nSPS) is 11.5. The summed E-state index contributed by atoms with van der Waals surface area (Å²) in [7, 11) is 0. The van der Waals surface area contributed by atoms with Crippen molar-refractivity contribution in [3.8, 4) is 5.75 Å². The molecule has 2 rings (SSSR count). The van der Waals surface area contributed by atoms with E-state index >= 15 is 0 Å². The first-order valence-corrected chi connectivity index (χ1v) is 8.77. The standard InChI is InChI=1S/C21H26N2O3/c1-5-26-19-8-6-17(7-9-19)16(4)23-20(24)13-22-21(25)18-11-14(2)10-15(3)12-18/h6-12,16H,5,13H2,1-4H3,(H,22,25)(H,23,24). The third-order valence-electron chi connectivity index (χ3n) is 3.96. The molecule has 0 fully saturated rings. The number of nitrogens with one attached hydrogen (secondary N) is 2. The Morgan fingerprint density at radius 2 is 1.65 bits per heavy atom. The highest BCUT2D eigenvalue weighted by Crippen LogP contribution is 2.17. The number of carbonyl (C=O) groups excluding carboxylic acids is 2. The number of hydrogen-bond acceptors (Lipinski definition) is 3. The van der Waals surface area contributed by atoms with Crippen molar-refractivity contribution >= 4 is 11.8 Å². The Hall–Kier alpha value is -2.82. The molecule has 2 amide bonds. The minimum absolute atomic E-state index is 0.0623. The van der Waals surface area contributed by atoms with Gasteiger partial charge in [0.2, 0.25) is 5.91 Å². The Labute approximate surface area is 154 Å². The molecule has 0 radical (unpaired) electrons. The molecule has 2 N–H and O–H groups in total. The molecule has 0 spiro atoms. The summed E-state index contributed by atoms with van der Waals surface area (Å²) in [6.07, 6.45) is 0.